The zero-order valence-electron chi connectivity index (χ0n) is 21.6. The maximum Gasteiger partial charge on any atom is 0.338 e. The van der Waals surface area contributed by atoms with Gasteiger partial charge in [0.25, 0.3) is 0 Å². The summed E-state index contributed by atoms with van der Waals surface area (Å²) in [4.78, 5) is 25.8. The standard InChI is InChI=1S/C29H40O4Si/c1-6-8-10-12-19-32-28(30)26-22-27(29(31)33-20-13-11-9-7-2)25-17-15-23(14-16-24(25)26)18-21-34(3,4)5/h14-17,22H,6-13,19-20H2,1-5H3. The third kappa shape index (κ3) is 8.99. The number of ether oxygens (including phenoxy) is 2. The van der Waals surface area contributed by atoms with Gasteiger partial charge in [-0.25, -0.2) is 9.59 Å². The van der Waals surface area contributed by atoms with Gasteiger partial charge in [-0.1, -0.05) is 90.1 Å². The number of carbonyl (C=O) groups is 2. The SMILES string of the molecule is CCCCCCOC(=O)c1cc(C(=O)OCCCCCC)c2ccc(C#C[Si](C)(C)C)ccc1-2. The summed E-state index contributed by atoms with van der Waals surface area (Å²) >= 11 is 0. The van der Waals surface area contributed by atoms with E-state index in [-0.39, 0.29) is 0 Å². The predicted octanol–water partition coefficient (Wildman–Crippen LogP) is 7.49. The maximum atomic E-state index is 12.9. The maximum absolute atomic E-state index is 12.9. The lowest BCUT2D eigenvalue weighted by molar-refractivity contribution is 0.0497. The van der Waals surface area contributed by atoms with Crippen LogP contribution in [-0.2, 0) is 9.47 Å². The first-order chi connectivity index (χ1) is 16.3. The molecule has 0 saturated heterocycles. The van der Waals surface area contributed by atoms with Gasteiger partial charge in [-0.3, -0.25) is 0 Å². The van der Waals surface area contributed by atoms with E-state index in [4.69, 9.17) is 9.47 Å². The smallest absolute Gasteiger partial charge is 0.338 e. The Kier molecular flexibility index (Phi) is 11.4. The summed E-state index contributed by atoms with van der Waals surface area (Å²) in [6.07, 6.45) is 8.27. The fourth-order valence-corrected chi connectivity index (χ4v) is 4.09. The van der Waals surface area contributed by atoms with Crippen LogP contribution in [0.2, 0.25) is 19.6 Å². The quantitative estimate of drug-likeness (QED) is 0.137. The highest BCUT2D eigenvalue weighted by atomic mass is 28.3. The molecule has 0 aromatic heterocycles. The van der Waals surface area contributed by atoms with Crippen LogP contribution in [-0.4, -0.2) is 33.2 Å². The van der Waals surface area contributed by atoms with Gasteiger partial charge in [-0.2, -0.15) is 0 Å². The average molecular weight is 481 g/mol. The van der Waals surface area contributed by atoms with Crippen molar-refractivity contribution in [1.29, 1.82) is 0 Å². The molecule has 0 saturated carbocycles. The Bertz CT molecular complexity index is 917. The largest absolute Gasteiger partial charge is 0.462 e. The Morgan fingerprint density at radius 1 is 0.735 bits per heavy atom. The molecule has 34 heavy (non-hydrogen) atoms. The molecule has 0 spiro atoms. The molecule has 5 heteroatoms. The molecule has 0 N–H and O–H groups in total. The van der Waals surface area contributed by atoms with Crippen LogP contribution >= 0.6 is 0 Å². The topological polar surface area (TPSA) is 52.6 Å². The molecule has 2 aliphatic rings. The Labute approximate surface area is 206 Å². The predicted molar refractivity (Wildman–Crippen MR) is 142 cm³/mol. The minimum atomic E-state index is -1.53. The first-order valence-corrected chi connectivity index (χ1v) is 16.2. The van der Waals surface area contributed by atoms with Crippen LogP contribution in [0, 0.1) is 11.5 Å². The van der Waals surface area contributed by atoms with E-state index in [0.717, 1.165) is 56.9 Å². The first-order valence-electron chi connectivity index (χ1n) is 12.7. The molecule has 0 heterocycles. The third-order valence-electron chi connectivity index (χ3n) is 5.50. The van der Waals surface area contributed by atoms with Gasteiger partial charge in [0.2, 0.25) is 0 Å². The molecule has 0 radical (unpaired) electrons. The van der Waals surface area contributed by atoms with Crippen LogP contribution in [0.5, 0.6) is 0 Å². The molecular formula is C29H40O4Si. The molecule has 0 amide bonds. The summed E-state index contributed by atoms with van der Waals surface area (Å²) in [5.74, 6) is 2.46. The summed E-state index contributed by atoms with van der Waals surface area (Å²) < 4.78 is 11.1. The lowest BCUT2D eigenvalue weighted by Crippen LogP contribution is -2.16. The van der Waals surface area contributed by atoms with Gasteiger partial charge < -0.3 is 9.47 Å². The highest BCUT2D eigenvalue weighted by Gasteiger charge is 2.25. The molecule has 0 aromatic rings. The molecule has 0 bridgehead atoms. The zero-order chi connectivity index (χ0) is 25.0. The molecule has 4 nitrogen and oxygen atoms in total. The number of rotatable bonds is 12. The van der Waals surface area contributed by atoms with E-state index in [1.54, 1.807) is 6.07 Å². The van der Waals surface area contributed by atoms with Crippen LogP contribution in [0.1, 0.15) is 91.5 Å². The molecule has 0 fully saturated rings. The number of hydrogen-bond acceptors (Lipinski definition) is 4. The van der Waals surface area contributed by atoms with Crippen molar-refractivity contribution < 1.29 is 19.1 Å². The minimum absolute atomic E-state index is 0.384. The number of esters is 2. The highest BCUT2D eigenvalue weighted by Crippen LogP contribution is 2.33. The monoisotopic (exact) mass is 480 g/mol. The van der Waals surface area contributed by atoms with Crippen molar-refractivity contribution in [2.75, 3.05) is 13.2 Å². The lowest BCUT2D eigenvalue weighted by Gasteiger charge is -2.05. The third-order valence-corrected chi connectivity index (χ3v) is 6.38. The van der Waals surface area contributed by atoms with Gasteiger partial charge in [0.15, 0.2) is 0 Å². The molecule has 2 aliphatic carbocycles. The first kappa shape index (κ1) is 27.7. The van der Waals surface area contributed by atoms with Gasteiger partial charge in [-0.15, -0.1) is 5.54 Å². The summed E-state index contributed by atoms with van der Waals surface area (Å²) in [5, 5.41) is 0. The van der Waals surface area contributed by atoms with Crippen LogP contribution in [0.3, 0.4) is 0 Å². The van der Waals surface area contributed by atoms with Crippen molar-refractivity contribution in [3.05, 3.63) is 47.0 Å². The second-order valence-corrected chi connectivity index (χ2v) is 14.6. The van der Waals surface area contributed by atoms with E-state index in [1.165, 1.54) is 0 Å². The van der Waals surface area contributed by atoms with Gasteiger partial charge in [0.1, 0.15) is 8.07 Å². The van der Waals surface area contributed by atoms with Crippen molar-refractivity contribution in [2.24, 2.45) is 0 Å². The van der Waals surface area contributed by atoms with Crippen molar-refractivity contribution in [1.82, 2.24) is 0 Å². The van der Waals surface area contributed by atoms with Gasteiger partial charge >= 0.3 is 11.9 Å². The second-order valence-electron chi connectivity index (χ2n) is 9.81. The second kappa shape index (κ2) is 14.0. The number of carbonyl (C=O) groups excluding carboxylic acids is 2. The van der Waals surface area contributed by atoms with Gasteiger partial charge in [0, 0.05) is 5.56 Å². The number of fused-ring (bicyclic) bond motifs is 1. The molecule has 0 atom stereocenters. The summed E-state index contributed by atoms with van der Waals surface area (Å²) in [6.45, 7) is 11.7. The molecule has 0 aliphatic heterocycles. The summed E-state index contributed by atoms with van der Waals surface area (Å²) in [5.41, 5.74) is 6.42. The fraction of sp³-hybridized carbons (Fsp3) is 0.517. The normalized spacial score (nSPS) is 11.1. The van der Waals surface area contributed by atoms with Gasteiger partial charge in [-0.05, 0) is 42.2 Å². The lowest BCUT2D eigenvalue weighted by atomic mass is 10.1. The fourth-order valence-electron chi connectivity index (χ4n) is 3.57. The Hall–Kier alpha value is -2.58. The van der Waals surface area contributed by atoms with E-state index in [9.17, 15) is 9.59 Å². The van der Waals surface area contributed by atoms with E-state index < -0.39 is 20.0 Å². The van der Waals surface area contributed by atoms with Gasteiger partial charge in [0.05, 0.1) is 24.3 Å². The van der Waals surface area contributed by atoms with E-state index >= 15 is 0 Å². The van der Waals surface area contributed by atoms with Crippen molar-refractivity contribution in [2.45, 2.75) is 84.9 Å². The highest BCUT2D eigenvalue weighted by molar-refractivity contribution is 6.83. The minimum Gasteiger partial charge on any atom is -0.462 e. The Balaban J connectivity index is 2.31. The van der Waals surface area contributed by atoms with Crippen LogP contribution < -0.4 is 0 Å². The molecule has 0 unspecified atom stereocenters. The van der Waals surface area contributed by atoms with Crippen molar-refractivity contribution >= 4 is 20.0 Å². The van der Waals surface area contributed by atoms with Crippen LogP contribution in [0.25, 0.3) is 11.1 Å². The molecule has 2 rings (SSSR count). The summed E-state index contributed by atoms with van der Waals surface area (Å²) in [6, 6.07) is 9.19. The Morgan fingerprint density at radius 3 is 1.62 bits per heavy atom. The number of unbranched alkanes of at least 4 members (excludes halogenated alkanes) is 6. The number of hydrogen-bond donors (Lipinski definition) is 0. The van der Waals surface area contributed by atoms with E-state index in [1.807, 2.05) is 24.3 Å². The van der Waals surface area contributed by atoms with Crippen molar-refractivity contribution in [3.8, 4) is 22.6 Å². The molecule has 184 valence electrons. The van der Waals surface area contributed by atoms with Crippen LogP contribution in [0.4, 0.5) is 0 Å². The van der Waals surface area contributed by atoms with E-state index in [0.29, 0.717) is 35.5 Å². The Morgan fingerprint density at radius 2 is 1.21 bits per heavy atom. The molecular weight excluding hydrogens is 440 g/mol. The average Bonchev–Trinajstić information content (AvgIpc) is 3.03. The van der Waals surface area contributed by atoms with Crippen molar-refractivity contribution in [3.63, 3.8) is 0 Å². The summed E-state index contributed by atoms with van der Waals surface area (Å²) in [7, 11) is -1.53. The van der Waals surface area contributed by atoms with Crippen LogP contribution in [0.15, 0.2) is 30.3 Å². The zero-order valence-corrected chi connectivity index (χ0v) is 22.6. The van der Waals surface area contributed by atoms with E-state index in [2.05, 4.69) is 45.0 Å². The molecule has 0 aromatic carbocycles.